The van der Waals surface area contributed by atoms with Crippen LogP contribution in [-0.4, -0.2) is 86.1 Å². The first kappa shape index (κ1) is 23.8. The van der Waals surface area contributed by atoms with Gasteiger partial charge in [-0.05, 0) is 37.1 Å². The monoisotopic (exact) mass is 480 g/mol. The maximum Gasteiger partial charge on any atom is 0.191 e. The number of ether oxygens (including phenoxy) is 3. The molecule has 2 aliphatic heterocycles. The van der Waals surface area contributed by atoms with Gasteiger partial charge >= 0.3 is 0 Å². The Morgan fingerprint density at radius 2 is 1.94 bits per heavy atom. The molecule has 1 aliphatic carbocycles. The first-order valence-electron chi connectivity index (χ1n) is 11.7. The van der Waals surface area contributed by atoms with Gasteiger partial charge in [-0.25, -0.2) is 4.68 Å². The summed E-state index contributed by atoms with van der Waals surface area (Å²) in [5.74, 6) is 12.2. The predicted octanol–water partition coefficient (Wildman–Crippen LogP) is 0.0175. The van der Waals surface area contributed by atoms with Crippen LogP contribution in [-0.2, 0) is 9.47 Å². The molecule has 5 rings (SSSR count). The Morgan fingerprint density at radius 3 is 2.63 bits per heavy atom. The Balaban J connectivity index is 1.32. The number of rotatable bonds is 4. The highest BCUT2D eigenvalue weighted by Crippen LogP contribution is 2.32. The van der Waals surface area contributed by atoms with Crippen molar-refractivity contribution in [3.8, 4) is 35.1 Å². The van der Waals surface area contributed by atoms with E-state index in [1.807, 2.05) is 24.3 Å². The molecule has 184 valence electrons. The predicted molar refractivity (Wildman–Crippen MR) is 124 cm³/mol. The molecule has 4 N–H and O–H groups in total. The van der Waals surface area contributed by atoms with E-state index in [0.717, 1.165) is 37.3 Å². The number of hydrogen-bond donors (Lipinski definition) is 4. The number of aromatic nitrogens is 2. The molecule has 0 bridgehead atoms. The summed E-state index contributed by atoms with van der Waals surface area (Å²) in [6, 6.07) is 7.51. The molecule has 1 saturated carbocycles. The molecule has 0 spiro atoms. The van der Waals surface area contributed by atoms with Crippen LogP contribution in [0.4, 0.5) is 0 Å². The standard InChI is InChI=1S/C26H28N2O7/c29-15-22-24(30)25(31)26(32,11-9-17-1-2-17)23(35-22)8-3-18-13-27-28(14-18)19-4-6-20(7-5-19)34-21-10-12-33-16-21/h4-7,13-14,17,21-25,29-32H,1-2,10,12,15-16H2/t21-,22+,23+,24+,25-,26+/m0/s1. The second-order valence-corrected chi connectivity index (χ2v) is 9.08. The molecule has 6 atom stereocenters. The molecule has 3 heterocycles. The zero-order valence-corrected chi connectivity index (χ0v) is 19.1. The minimum absolute atomic E-state index is 0.0760. The van der Waals surface area contributed by atoms with Crippen molar-refractivity contribution >= 4 is 0 Å². The molecule has 0 radical (unpaired) electrons. The summed E-state index contributed by atoms with van der Waals surface area (Å²) < 4.78 is 18.5. The maximum absolute atomic E-state index is 11.1. The van der Waals surface area contributed by atoms with Crippen LogP contribution in [0.25, 0.3) is 5.69 Å². The van der Waals surface area contributed by atoms with Crippen LogP contribution in [0, 0.1) is 29.6 Å². The number of aliphatic hydroxyl groups excluding tert-OH is 3. The lowest BCUT2D eigenvalue weighted by atomic mass is 9.82. The van der Waals surface area contributed by atoms with E-state index in [1.54, 1.807) is 17.1 Å². The van der Waals surface area contributed by atoms with Gasteiger partial charge in [0.25, 0.3) is 0 Å². The van der Waals surface area contributed by atoms with Crippen molar-refractivity contribution in [3.05, 3.63) is 42.2 Å². The normalized spacial score (nSPS) is 32.3. The van der Waals surface area contributed by atoms with Crippen molar-refractivity contribution in [2.45, 2.75) is 55.4 Å². The SMILES string of the molecule is OC[C@H]1O[C@H](C#Cc2cnn(-c3ccc(O[C@H]4CCOC4)cc3)c2)[C@](O)(C#CC2CC2)[C@@H](O)[C@@H]1O. The minimum Gasteiger partial charge on any atom is -0.488 e. The van der Waals surface area contributed by atoms with Crippen LogP contribution in [0.5, 0.6) is 5.75 Å². The summed E-state index contributed by atoms with van der Waals surface area (Å²) in [5, 5.41) is 45.8. The molecular weight excluding hydrogens is 452 g/mol. The molecule has 9 heteroatoms. The number of benzene rings is 1. The first-order valence-corrected chi connectivity index (χ1v) is 11.7. The average molecular weight is 481 g/mol. The number of hydrogen-bond acceptors (Lipinski definition) is 8. The molecular formula is C26H28N2O7. The van der Waals surface area contributed by atoms with E-state index in [-0.39, 0.29) is 12.0 Å². The highest BCUT2D eigenvalue weighted by molar-refractivity contribution is 5.41. The summed E-state index contributed by atoms with van der Waals surface area (Å²) in [4.78, 5) is 0. The summed E-state index contributed by atoms with van der Waals surface area (Å²) in [5.41, 5.74) is -0.722. The lowest BCUT2D eigenvalue weighted by Gasteiger charge is -2.43. The van der Waals surface area contributed by atoms with Gasteiger partial charge in [-0.3, -0.25) is 0 Å². The van der Waals surface area contributed by atoms with E-state index in [9.17, 15) is 20.4 Å². The molecule has 2 aromatic rings. The zero-order valence-electron chi connectivity index (χ0n) is 19.1. The average Bonchev–Trinajstić information content (AvgIpc) is 3.33. The third-order valence-corrected chi connectivity index (χ3v) is 6.32. The van der Waals surface area contributed by atoms with Crippen molar-refractivity contribution in [3.63, 3.8) is 0 Å². The van der Waals surface area contributed by atoms with Gasteiger partial charge in [0.05, 0.1) is 37.3 Å². The summed E-state index contributed by atoms with van der Waals surface area (Å²) in [7, 11) is 0. The van der Waals surface area contributed by atoms with Crippen molar-refractivity contribution < 1.29 is 34.6 Å². The molecule has 0 unspecified atom stereocenters. The smallest absolute Gasteiger partial charge is 0.191 e. The van der Waals surface area contributed by atoms with Gasteiger partial charge in [-0.15, -0.1) is 0 Å². The fraction of sp³-hybridized carbons (Fsp3) is 0.500. The molecule has 35 heavy (non-hydrogen) atoms. The minimum atomic E-state index is -2.09. The van der Waals surface area contributed by atoms with Gasteiger partial charge in [-0.1, -0.05) is 23.7 Å². The molecule has 3 aliphatic rings. The van der Waals surface area contributed by atoms with E-state index in [1.165, 1.54) is 0 Å². The van der Waals surface area contributed by atoms with Crippen LogP contribution in [0.1, 0.15) is 24.8 Å². The Bertz CT molecular complexity index is 1150. The highest BCUT2D eigenvalue weighted by atomic mass is 16.6. The third-order valence-electron chi connectivity index (χ3n) is 6.32. The number of nitrogens with zero attached hydrogens (tertiary/aromatic N) is 2. The Kier molecular flexibility index (Phi) is 6.81. The lowest BCUT2D eigenvalue weighted by molar-refractivity contribution is -0.239. The van der Waals surface area contributed by atoms with Crippen molar-refractivity contribution in [2.24, 2.45) is 5.92 Å². The van der Waals surface area contributed by atoms with Crippen LogP contribution in [0.2, 0.25) is 0 Å². The second-order valence-electron chi connectivity index (χ2n) is 9.08. The molecule has 9 nitrogen and oxygen atoms in total. The van der Waals surface area contributed by atoms with Gasteiger partial charge in [0.2, 0.25) is 0 Å². The zero-order chi connectivity index (χ0) is 24.4. The molecule has 3 fully saturated rings. The van der Waals surface area contributed by atoms with E-state index in [4.69, 9.17) is 14.2 Å². The Hall–Kier alpha value is -2.89. The van der Waals surface area contributed by atoms with Crippen LogP contribution in [0.3, 0.4) is 0 Å². The van der Waals surface area contributed by atoms with E-state index in [2.05, 4.69) is 28.8 Å². The Labute approximate surface area is 203 Å². The van der Waals surface area contributed by atoms with E-state index >= 15 is 0 Å². The fourth-order valence-corrected chi connectivity index (χ4v) is 4.01. The molecule has 1 aromatic heterocycles. The van der Waals surface area contributed by atoms with Crippen LogP contribution >= 0.6 is 0 Å². The van der Waals surface area contributed by atoms with Gasteiger partial charge in [0.1, 0.15) is 30.2 Å². The summed E-state index contributed by atoms with van der Waals surface area (Å²) in [6.07, 6.45) is 0.649. The molecule has 0 amide bonds. The quantitative estimate of drug-likeness (QED) is 0.451. The molecule has 2 saturated heterocycles. The van der Waals surface area contributed by atoms with Crippen molar-refractivity contribution in [2.75, 3.05) is 19.8 Å². The second kappa shape index (κ2) is 10.00. The highest BCUT2D eigenvalue weighted by Gasteiger charge is 2.53. The van der Waals surface area contributed by atoms with E-state index < -0.39 is 36.6 Å². The fourth-order valence-electron chi connectivity index (χ4n) is 4.01. The Morgan fingerprint density at radius 1 is 1.14 bits per heavy atom. The van der Waals surface area contributed by atoms with Crippen LogP contribution < -0.4 is 4.74 Å². The first-order chi connectivity index (χ1) is 17.0. The number of aliphatic hydroxyl groups is 4. The van der Waals surface area contributed by atoms with E-state index in [0.29, 0.717) is 12.2 Å². The van der Waals surface area contributed by atoms with Crippen LogP contribution in [0.15, 0.2) is 36.7 Å². The van der Waals surface area contributed by atoms with Gasteiger partial charge in [-0.2, -0.15) is 5.10 Å². The maximum atomic E-state index is 11.1. The van der Waals surface area contributed by atoms with Gasteiger partial charge < -0.3 is 34.6 Å². The summed E-state index contributed by atoms with van der Waals surface area (Å²) in [6.45, 7) is 0.786. The third kappa shape index (κ3) is 5.21. The topological polar surface area (TPSA) is 126 Å². The lowest BCUT2D eigenvalue weighted by Crippen LogP contribution is -2.65. The van der Waals surface area contributed by atoms with Gasteiger partial charge in [0, 0.05) is 18.5 Å². The van der Waals surface area contributed by atoms with Crippen molar-refractivity contribution in [1.82, 2.24) is 9.78 Å². The van der Waals surface area contributed by atoms with Crippen molar-refractivity contribution in [1.29, 1.82) is 0 Å². The molecule has 1 aromatic carbocycles. The van der Waals surface area contributed by atoms with Gasteiger partial charge in [0.15, 0.2) is 11.7 Å². The largest absolute Gasteiger partial charge is 0.488 e. The summed E-state index contributed by atoms with van der Waals surface area (Å²) >= 11 is 0.